The fraction of sp³-hybridized carbons (Fsp3) is 0.137. The summed E-state index contributed by atoms with van der Waals surface area (Å²) < 4.78 is 64.3. The maximum Gasteiger partial charge on any atom is 0.327 e. The molecule has 0 bridgehead atoms. The molecule has 20 aromatic rings. The van der Waals surface area contributed by atoms with Crippen LogP contribution < -0.4 is 57.7 Å². The minimum Gasteiger partial charge on any atom is -0.508 e. The van der Waals surface area contributed by atoms with Crippen LogP contribution in [0.5, 0.6) is 123 Å². The van der Waals surface area contributed by atoms with Gasteiger partial charge in [0, 0.05) is 52.9 Å². The molecule has 0 amide bonds. The summed E-state index contributed by atoms with van der Waals surface area (Å²) in [5.41, 5.74) is 14.7. The van der Waals surface area contributed by atoms with Crippen LogP contribution in [0.4, 0.5) is 5.95 Å². The molecule has 3 aromatic carbocycles. The van der Waals surface area contributed by atoms with Crippen molar-refractivity contribution in [1.82, 2.24) is 130 Å². The van der Waals surface area contributed by atoms with Crippen LogP contribution in [0.2, 0.25) is 0 Å². The van der Waals surface area contributed by atoms with Gasteiger partial charge in [0.2, 0.25) is 41.5 Å². The van der Waals surface area contributed by atoms with E-state index in [0.29, 0.717) is 148 Å². The summed E-state index contributed by atoms with van der Waals surface area (Å²) in [6.07, 6.45) is 28.5. The first-order chi connectivity index (χ1) is 69.4. The van der Waals surface area contributed by atoms with E-state index in [9.17, 15) is 5.11 Å². The zero-order chi connectivity index (χ0) is 100. The fourth-order valence-corrected chi connectivity index (χ4v) is 16.9. The van der Waals surface area contributed by atoms with Crippen molar-refractivity contribution < 1.29 is 57.0 Å². The van der Waals surface area contributed by atoms with E-state index >= 15 is 0 Å². The van der Waals surface area contributed by atoms with Crippen molar-refractivity contribution in [3.05, 3.63) is 269 Å². The van der Waals surface area contributed by atoms with Crippen LogP contribution in [0.3, 0.4) is 0 Å². The van der Waals surface area contributed by atoms with Gasteiger partial charge >= 0.3 is 30.1 Å². The number of phenols is 1. The molecule has 0 radical (unpaired) electrons. The molecule has 20 rings (SSSR count). The minimum absolute atomic E-state index is 0.0251. The summed E-state index contributed by atoms with van der Waals surface area (Å²) in [5.74, 6) is 6.91. The summed E-state index contributed by atoms with van der Waals surface area (Å²) in [6.45, 7) is 13.7. The van der Waals surface area contributed by atoms with E-state index in [0.717, 1.165) is 88.3 Å². The molecule has 143 heavy (non-hydrogen) atoms. The van der Waals surface area contributed by atoms with E-state index in [4.69, 9.17) is 74.1 Å². The van der Waals surface area contributed by atoms with Crippen LogP contribution in [-0.2, 0) is 39.2 Å². The number of nitrogens with zero attached hydrogens (tertiary/aromatic N) is 26. The Morgan fingerprint density at radius 2 is 0.615 bits per heavy atom. The third kappa shape index (κ3) is 24.1. The number of nitrogen functional groups attached to an aromatic ring is 1. The van der Waals surface area contributed by atoms with Gasteiger partial charge in [0.15, 0.2) is 46.4 Å². The average molecular weight is 2240 g/mol. The Hall–Kier alpha value is -17.6. The molecule has 0 saturated carbocycles. The summed E-state index contributed by atoms with van der Waals surface area (Å²) in [4.78, 5) is 105. The van der Waals surface area contributed by atoms with Gasteiger partial charge in [-0.2, -0.15) is 70.9 Å². The van der Waals surface area contributed by atoms with Crippen molar-refractivity contribution in [2.45, 2.75) is 80.6 Å². The third-order valence-electron chi connectivity index (χ3n) is 19.9. The number of aromatic amines is 5. The molecule has 0 aliphatic rings. The number of rotatable bonds is 25. The first-order valence-corrected chi connectivity index (χ1v) is 46.8. The second-order valence-corrected chi connectivity index (χ2v) is 33.7. The Labute approximate surface area is 851 Å². The maximum absolute atomic E-state index is 9.84. The molecule has 0 unspecified atom stereocenters. The first kappa shape index (κ1) is 98.5. The Morgan fingerprint density at radius 3 is 0.986 bits per heavy atom. The Kier molecular flexibility index (Phi) is 31.2. The molecule has 0 aliphatic carbocycles. The lowest BCUT2D eigenvalue weighted by Gasteiger charge is -2.09. The minimum atomic E-state index is -0.0929. The molecule has 48 heteroatoms. The second-order valence-electron chi connectivity index (χ2n) is 29.7. The number of nitrogens with two attached hydrogens (primary N) is 1. The number of aromatic hydroxyl groups is 1. The number of nitrogens with one attached hydrogen (secondary N) is 5. The third-order valence-corrected chi connectivity index (χ3v) is 24.2. The second kappa shape index (κ2) is 45.4. The predicted octanol–water partition coefficient (Wildman–Crippen LogP) is 20.9. The quantitative estimate of drug-likeness (QED) is 0.0261. The van der Waals surface area contributed by atoms with Crippen molar-refractivity contribution in [3.63, 3.8) is 0 Å². The number of hydrogen-bond acceptors (Lipinski definition) is 37. The number of benzene rings is 3. The van der Waals surface area contributed by atoms with Gasteiger partial charge < -0.3 is 83.1 Å². The molecule has 0 spiro atoms. The van der Waals surface area contributed by atoms with Gasteiger partial charge in [0.05, 0.1) is 158 Å². The first-order valence-electron chi connectivity index (χ1n) is 42.8. The van der Waals surface area contributed by atoms with Gasteiger partial charge in [-0.05, 0) is 180 Å². The van der Waals surface area contributed by atoms with Crippen LogP contribution in [0, 0.1) is 59.2 Å². The summed E-state index contributed by atoms with van der Waals surface area (Å²) in [7, 11) is 1.91. The number of aryl methyl sites for hydroxylation is 8. The number of nitriles is 4. The number of fused-ring (bicyclic) bond motifs is 5. The molecule has 17 aromatic heterocycles. The number of pyridine rings is 2. The van der Waals surface area contributed by atoms with Gasteiger partial charge in [0.1, 0.15) is 88.7 Å². The predicted molar refractivity (Wildman–Crippen MR) is 531 cm³/mol. The van der Waals surface area contributed by atoms with Crippen molar-refractivity contribution in [3.8, 4) is 147 Å². The number of ether oxygens (including phenoxy) is 10. The highest BCUT2D eigenvalue weighted by molar-refractivity contribution is 9.11. The van der Waals surface area contributed by atoms with Crippen LogP contribution >= 0.6 is 79.6 Å². The largest absolute Gasteiger partial charge is 0.508 e. The van der Waals surface area contributed by atoms with Crippen LogP contribution in [0.25, 0.3) is 55.2 Å². The SMILES string of the molecule is CCc1[nH]c2nc(Oc3ccc[n+](C)c3)nc(Oc3cccc(C#N)c3)c2c1Br.CCc1[nH]c2nc(Oc3cccc(C#N)c3)nc(Oc3cncnc3)c2c1Br.CCc1[nH]c2nc(Oc3cnc(C)nc3)nc(Oc3cnc(C)nc3)c2c1Br.CCc1[nH]c2nc(Oc3cncc(C#N)c3)nc(Oc3cnc(N)nc3)c2c1Br.CCc1[nH]c2nc(Oc3cncnc3)nc(Oc3cc(O)cc(C#N)c3)c2c1Br. The van der Waals surface area contributed by atoms with E-state index < -0.39 is 0 Å². The number of phenolic OH excluding ortho intramolecular Hbond substituents is 1. The van der Waals surface area contributed by atoms with Gasteiger partial charge in [-0.1, -0.05) is 46.8 Å². The van der Waals surface area contributed by atoms with E-state index in [1.54, 1.807) is 99.6 Å². The smallest absolute Gasteiger partial charge is 0.327 e. The molecule has 0 atom stereocenters. The number of anilines is 1. The molecule has 17 heterocycles. The molecular weight excluding hydrogens is 2160 g/mol. The number of halogens is 5. The molecule has 0 fully saturated rings. The molecule has 0 saturated heterocycles. The Morgan fingerprint density at radius 1 is 0.322 bits per heavy atom. The van der Waals surface area contributed by atoms with Gasteiger partial charge in [-0.25, -0.2) is 54.4 Å². The number of H-pyrrole nitrogens is 5. The van der Waals surface area contributed by atoms with E-state index in [1.165, 1.54) is 74.1 Å². The fourth-order valence-electron chi connectivity index (χ4n) is 13.2. The highest BCUT2D eigenvalue weighted by Crippen LogP contribution is 2.45. The van der Waals surface area contributed by atoms with Crippen LogP contribution in [0.15, 0.2) is 207 Å². The van der Waals surface area contributed by atoms with Crippen molar-refractivity contribution >= 4 is 141 Å². The topological polar surface area (TPSA) is 587 Å². The summed E-state index contributed by atoms with van der Waals surface area (Å²) in [5, 5.41) is 49.6. The summed E-state index contributed by atoms with van der Waals surface area (Å²) >= 11 is 17.9. The zero-order valence-electron chi connectivity index (χ0n) is 76.0. The Bertz CT molecular complexity index is 8250. The van der Waals surface area contributed by atoms with Gasteiger partial charge in [-0.15, -0.1) is 0 Å². The molecule has 712 valence electrons. The summed E-state index contributed by atoms with van der Waals surface area (Å²) in [6, 6.07) is 31.7. The van der Waals surface area contributed by atoms with Crippen LogP contribution in [0.1, 0.15) is 97.0 Å². The Balaban J connectivity index is 0.000000128. The lowest BCUT2D eigenvalue weighted by molar-refractivity contribution is -0.671. The van der Waals surface area contributed by atoms with Crippen molar-refractivity contribution in [1.29, 1.82) is 21.0 Å². The van der Waals surface area contributed by atoms with Crippen molar-refractivity contribution in [2.75, 3.05) is 5.73 Å². The monoisotopic (exact) mass is 2230 g/mol. The zero-order valence-corrected chi connectivity index (χ0v) is 83.9. The molecular formula is C95H72Br5N32O11+. The normalized spacial score (nSPS) is 10.7. The molecule has 43 nitrogen and oxygen atoms in total. The maximum atomic E-state index is 9.84. The molecule has 0 aliphatic heterocycles. The van der Waals surface area contributed by atoms with Gasteiger partial charge in [0.25, 0.3) is 0 Å². The van der Waals surface area contributed by atoms with Crippen LogP contribution in [-0.4, -0.2) is 135 Å². The standard InChI is InChI=1S/C21H17BrN5O2.C19H13BrN6O3.C19H13BrN6O2.C18H13BrN8O2.C18H16BrN7O2/c1-3-16-18(22)17-19(24-16)25-21(29-15-8-5-9-27(2)12-15)26-20(17)28-14-7-4-6-13(10-14)11-23;1-2-14-16(20)15-17(24-14)25-19(29-13-7-22-9-23-8-13)26-18(15)28-12-4-10(6-21)3-11(27)5-12;1-2-14-16(20)15-17(24-14)25-19(28-12-5-3-4-11(6-12)7-21)26-18(15)27-13-8-22-10-23-9-13;1-2-12-14(19)13-15(25-12)26-18(29-10-3-9(4-20)5-22-6-10)27-16(13)28-11-7-23-17(21)24-8-11;1-4-13-15(19)14-16(24-13)25-18(28-12-7-22-10(3)23-8-12)26-17(14)27-11-5-20-9(2)21-6-11/h4-10,12H,3H2,1-2H3,(H,24,25,26);3-5,7-9,27H,2H2,1H3,(H,24,25,26);3-6,8-10H,2H2,1H3,(H,24,25,26);3,5-8H,2H2,1H3,(H2,21,23,24)(H,25,26,27);5-8H,4H2,1-3H3,(H,24,25,26)/q+1;;;;. The van der Waals surface area contributed by atoms with E-state index in [2.05, 4.69) is 221 Å². The lowest BCUT2D eigenvalue weighted by Crippen LogP contribution is -2.25. The van der Waals surface area contributed by atoms with E-state index in [-0.39, 0.29) is 64.8 Å². The lowest BCUT2D eigenvalue weighted by atomic mass is 10.2. The average Bonchev–Trinajstić information content (AvgIpc) is 1.66. The number of hydrogen-bond donors (Lipinski definition) is 7. The van der Waals surface area contributed by atoms with E-state index in [1.807, 2.05) is 82.9 Å². The van der Waals surface area contributed by atoms with Crippen molar-refractivity contribution in [2.24, 2.45) is 7.05 Å². The highest BCUT2D eigenvalue weighted by atomic mass is 79.9. The van der Waals surface area contributed by atoms with Gasteiger partial charge in [-0.3, -0.25) is 4.98 Å². The highest BCUT2D eigenvalue weighted by Gasteiger charge is 2.27. The molecule has 8 N–H and O–H groups in total. The number of aromatic nitrogens is 27.